The number of ketones is 3. The van der Waals surface area contributed by atoms with Crippen LogP contribution in [-0.2, 0) is 23.7 Å². The Morgan fingerprint density at radius 3 is 2.28 bits per heavy atom. The van der Waals surface area contributed by atoms with Crippen molar-refractivity contribution in [2.75, 3.05) is 60.6 Å². The van der Waals surface area contributed by atoms with Gasteiger partial charge in [0.15, 0.2) is 0 Å². The molecule has 5 N–H and O–H groups in total. The quantitative estimate of drug-likeness (QED) is 0.278. The highest BCUT2D eigenvalue weighted by Gasteiger charge is 2.53. The van der Waals surface area contributed by atoms with Crippen molar-refractivity contribution in [3.8, 4) is 11.5 Å². The van der Waals surface area contributed by atoms with Crippen molar-refractivity contribution >= 4 is 29.4 Å². The monoisotopic (exact) mass is 852 g/mol. The first-order valence-corrected chi connectivity index (χ1v) is 20.5. The minimum atomic E-state index is -2.09. The second kappa shape index (κ2) is 19.3. The van der Waals surface area contributed by atoms with Crippen LogP contribution >= 0.6 is 0 Å². The molecule has 4 heterocycles. The lowest BCUT2D eigenvalue weighted by Crippen LogP contribution is -2.48. The maximum atomic E-state index is 14.7. The molecule has 17 heteroatoms. The van der Waals surface area contributed by atoms with Gasteiger partial charge < -0.3 is 59.4 Å². The van der Waals surface area contributed by atoms with E-state index in [-0.39, 0.29) is 65.7 Å². The lowest BCUT2D eigenvalue weighted by Gasteiger charge is -2.38. The third kappa shape index (κ3) is 9.55. The lowest BCUT2D eigenvalue weighted by atomic mass is 9.78. The molecule has 6 rings (SSSR count). The van der Waals surface area contributed by atoms with Gasteiger partial charge in [-0.15, -0.1) is 0 Å². The molecule has 1 fully saturated rings. The van der Waals surface area contributed by atoms with Crippen LogP contribution in [0.4, 0.5) is 4.79 Å². The number of aliphatic hydroxyl groups excluding tert-OH is 2. The summed E-state index contributed by atoms with van der Waals surface area (Å²) >= 11 is 0. The summed E-state index contributed by atoms with van der Waals surface area (Å²) in [6, 6.07) is 0. The number of phenols is 1. The number of allylic oxidation sites excluding steroid dienone is 4. The fraction of sp³-hybridized carbons (Fsp3) is 0.568. The van der Waals surface area contributed by atoms with Crippen molar-refractivity contribution in [2.45, 2.75) is 78.7 Å². The van der Waals surface area contributed by atoms with Crippen LogP contribution in [0.2, 0.25) is 0 Å². The molecule has 334 valence electrons. The number of nitrogens with one attached hydrogen (secondary N) is 2. The third-order valence-electron chi connectivity index (χ3n) is 12.0. The molecule has 0 radical (unpaired) electrons. The van der Waals surface area contributed by atoms with Crippen LogP contribution in [0.1, 0.15) is 78.2 Å². The number of ether oxygens (including phenoxy) is 5. The first kappa shape index (κ1) is 47.0. The highest BCUT2D eigenvalue weighted by Crippen LogP contribution is 2.49. The number of carbonyl (C=O) groups excluding carboxylic acids is 5. The number of aromatic hydroxyl groups is 1. The second-order valence-electron chi connectivity index (χ2n) is 16.6. The number of morpholine rings is 1. The average molecular weight is 853 g/mol. The first-order valence-electron chi connectivity index (χ1n) is 20.5. The summed E-state index contributed by atoms with van der Waals surface area (Å²) in [5, 5.41) is 40.0. The zero-order valence-corrected chi connectivity index (χ0v) is 36.6. The van der Waals surface area contributed by atoms with Gasteiger partial charge in [-0.25, -0.2) is 4.79 Å². The highest BCUT2D eigenvalue weighted by atomic mass is 16.7. The molecule has 0 unspecified atom stereocenters. The number of benzene rings is 1. The van der Waals surface area contributed by atoms with E-state index < -0.39 is 94.5 Å². The Morgan fingerprint density at radius 1 is 0.967 bits per heavy atom. The maximum Gasteiger partial charge on any atom is 0.407 e. The molecule has 5 aliphatic rings. The minimum Gasteiger partial charge on any atom is -0.507 e. The van der Waals surface area contributed by atoms with E-state index in [2.05, 4.69) is 10.6 Å². The predicted molar refractivity (Wildman–Crippen MR) is 222 cm³/mol. The van der Waals surface area contributed by atoms with Crippen LogP contribution < -0.4 is 15.4 Å². The molecule has 1 saturated heterocycles. The Balaban J connectivity index is 1.63. The van der Waals surface area contributed by atoms with E-state index in [1.807, 2.05) is 19.0 Å². The van der Waals surface area contributed by atoms with E-state index in [0.29, 0.717) is 13.1 Å². The van der Waals surface area contributed by atoms with Crippen molar-refractivity contribution in [1.82, 2.24) is 20.4 Å². The van der Waals surface area contributed by atoms with Crippen molar-refractivity contribution in [2.24, 2.45) is 23.7 Å². The summed E-state index contributed by atoms with van der Waals surface area (Å²) in [4.78, 5) is 74.0. The van der Waals surface area contributed by atoms with Crippen molar-refractivity contribution in [3.05, 3.63) is 69.8 Å². The fourth-order valence-corrected chi connectivity index (χ4v) is 8.12. The molecule has 61 heavy (non-hydrogen) atoms. The molecule has 2 amide bonds. The van der Waals surface area contributed by atoms with Crippen LogP contribution in [0.25, 0.3) is 0 Å². The normalized spacial score (nSPS) is 32.1. The molecule has 0 saturated carbocycles. The number of Topliss-reactive ketones (excluding diaryl/α,β-unsaturated/α-hetero) is 3. The maximum absolute atomic E-state index is 14.7. The van der Waals surface area contributed by atoms with E-state index in [0.717, 1.165) is 0 Å². The van der Waals surface area contributed by atoms with E-state index in [1.54, 1.807) is 44.7 Å². The Morgan fingerprint density at radius 2 is 1.64 bits per heavy atom. The summed E-state index contributed by atoms with van der Waals surface area (Å²) in [5.41, 5.74) is -1.50. The molecule has 0 spiro atoms. The smallest absolute Gasteiger partial charge is 0.407 e. The SMILES string of the molecule is CO[C@H]1/C=C/O[C@@]2(C)Oc3c(C)c(O)c4c(c3C2=O)C(=O)C(N2CCOCC2)=C(NC(=O)/C(C)=C\C=C\[C@H](C)[C@H](O)[C@@H](C)[C@@H](O)[C@@H](C)[C@H](OC(=O)NCCN(C)C)[C@@H]1C)C4=O. The number of aliphatic hydroxyl groups is 2. The standard InChI is InChI=1S/C44H60N4O13/c1-22-12-11-13-23(2)42(55)46-32-33(48-17-20-58-21-18-48)38(53)29-30(37(32)52)36(51)27(6)40-31(29)41(54)44(7,61-40)59-19-14-28(57-10)24(3)39(26(5)35(50)25(4)34(22)49)60-43(56)45-15-16-47(8)9/h11-14,19,22,24-26,28,34-35,39,49-51H,15-18,20-21H2,1-10H3,(H,45,56)(H,46,55)/b12-11+,19-14+,23-13-/t22-,24+,25+,26+,28-,34-,35+,39+,44-/m0/s1. The Labute approximate surface area is 356 Å². The van der Waals surface area contributed by atoms with Crippen LogP contribution in [-0.4, -0.2) is 145 Å². The Kier molecular flexibility index (Phi) is 14.9. The summed E-state index contributed by atoms with van der Waals surface area (Å²) < 4.78 is 29.4. The van der Waals surface area contributed by atoms with Crippen LogP contribution in [0.15, 0.2) is 47.5 Å². The van der Waals surface area contributed by atoms with Crippen molar-refractivity contribution < 1.29 is 63.0 Å². The number of alkyl carbamates (subject to hydrolysis) is 1. The highest BCUT2D eigenvalue weighted by molar-refractivity contribution is 6.32. The number of likely N-dealkylation sites (N-methyl/N-ethyl adjacent to an activating group) is 1. The summed E-state index contributed by atoms with van der Waals surface area (Å²) in [5.74, 6) is -8.71. The van der Waals surface area contributed by atoms with E-state index in [9.17, 15) is 39.3 Å². The largest absolute Gasteiger partial charge is 0.507 e. The first-order chi connectivity index (χ1) is 28.7. The van der Waals surface area contributed by atoms with Gasteiger partial charge in [0, 0.05) is 75.0 Å². The number of amides is 2. The van der Waals surface area contributed by atoms with E-state index >= 15 is 0 Å². The molecular weight excluding hydrogens is 792 g/mol. The van der Waals surface area contributed by atoms with E-state index in [1.165, 1.54) is 46.3 Å². The number of hydrogen-bond acceptors (Lipinski definition) is 15. The Hall–Kier alpha value is -5.07. The van der Waals surface area contributed by atoms with Gasteiger partial charge in [-0.05, 0) is 34.0 Å². The van der Waals surface area contributed by atoms with Gasteiger partial charge in [0.25, 0.3) is 11.7 Å². The average Bonchev–Trinajstić information content (AvgIpc) is 3.49. The lowest BCUT2D eigenvalue weighted by molar-refractivity contribution is -0.116. The minimum absolute atomic E-state index is 0.00268. The molecule has 0 aromatic heterocycles. The fourth-order valence-electron chi connectivity index (χ4n) is 8.12. The van der Waals surface area contributed by atoms with Crippen LogP contribution in [0.3, 0.4) is 0 Å². The number of carbonyl (C=O) groups is 5. The number of phenolic OH excluding ortho intramolecular Hbond substituents is 1. The molecule has 5 bridgehead atoms. The number of rotatable bonds is 6. The van der Waals surface area contributed by atoms with Gasteiger partial charge in [0.2, 0.25) is 11.6 Å². The summed E-state index contributed by atoms with van der Waals surface area (Å²) in [7, 11) is 5.15. The zero-order chi connectivity index (χ0) is 45.1. The molecule has 9 atom stereocenters. The molecule has 1 aromatic rings. The van der Waals surface area contributed by atoms with Gasteiger partial charge in [-0.2, -0.15) is 0 Å². The summed E-state index contributed by atoms with van der Waals surface area (Å²) in [6.45, 7) is 12.8. The molecule has 1 aliphatic carbocycles. The van der Waals surface area contributed by atoms with Gasteiger partial charge in [-0.1, -0.05) is 45.9 Å². The van der Waals surface area contributed by atoms with Gasteiger partial charge in [0.05, 0.1) is 54.5 Å². The third-order valence-corrected chi connectivity index (χ3v) is 12.0. The number of hydrogen-bond donors (Lipinski definition) is 5. The van der Waals surface area contributed by atoms with E-state index in [4.69, 9.17) is 23.7 Å². The number of nitrogens with zero attached hydrogens (tertiary/aromatic N) is 2. The molecular formula is C44H60N4O13. The van der Waals surface area contributed by atoms with Gasteiger partial charge in [0.1, 0.15) is 29.0 Å². The molecule has 17 nitrogen and oxygen atoms in total. The number of fused-ring (bicyclic) bond motifs is 14. The number of methoxy groups -OCH3 is 1. The van der Waals surface area contributed by atoms with Gasteiger partial charge >= 0.3 is 11.9 Å². The topological polar surface area (TPSA) is 223 Å². The zero-order valence-electron chi connectivity index (χ0n) is 36.6. The van der Waals surface area contributed by atoms with Crippen molar-refractivity contribution in [1.29, 1.82) is 0 Å². The Bertz CT molecular complexity index is 2020. The predicted octanol–water partition coefficient (Wildman–Crippen LogP) is 3.01. The van der Waals surface area contributed by atoms with Crippen molar-refractivity contribution in [3.63, 3.8) is 0 Å². The van der Waals surface area contributed by atoms with Crippen LogP contribution in [0, 0.1) is 30.6 Å². The molecule has 1 aromatic carbocycles. The van der Waals surface area contributed by atoms with Gasteiger partial charge in [-0.3, -0.25) is 19.2 Å². The summed E-state index contributed by atoms with van der Waals surface area (Å²) in [6.07, 6.45) is 2.55. The molecule has 4 aliphatic heterocycles. The second-order valence-corrected chi connectivity index (χ2v) is 16.6. The van der Waals surface area contributed by atoms with Crippen LogP contribution in [0.5, 0.6) is 11.5 Å².